The molecule has 108 valence electrons. The van der Waals surface area contributed by atoms with Crippen LogP contribution in [0.3, 0.4) is 0 Å². The van der Waals surface area contributed by atoms with Gasteiger partial charge < -0.3 is 5.32 Å². The van der Waals surface area contributed by atoms with Gasteiger partial charge in [-0.3, -0.25) is 0 Å². The van der Waals surface area contributed by atoms with Crippen LogP contribution in [0.2, 0.25) is 0 Å². The minimum atomic E-state index is 0.554. The molecule has 0 saturated carbocycles. The van der Waals surface area contributed by atoms with Crippen molar-refractivity contribution in [1.82, 2.24) is 5.32 Å². The van der Waals surface area contributed by atoms with E-state index in [1.807, 2.05) is 18.4 Å². The maximum Gasteiger partial charge on any atom is 0.0348 e. The fourth-order valence-electron chi connectivity index (χ4n) is 2.46. The molecular formula is C18H25NS. The van der Waals surface area contributed by atoms with E-state index in [1.54, 1.807) is 0 Å². The highest BCUT2D eigenvalue weighted by molar-refractivity contribution is 7.13. The van der Waals surface area contributed by atoms with Gasteiger partial charge in [-0.2, -0.15) is 0 Å². The van der Waals surface area contributed by atoms with Gasteiger partial charge in [-0.1, -0.05) is 45.9 Å². The summed E-state index contributed by atoms with van der Waals surface area (Å²) in [4.78, 5) is 1.38. The summed E-state index contributed by atoms with van der Waals surface area (Å²) in [6.45, 7) is 10.0. The summed E-state index contributed by atoms with van der Waals surface area (Å²) >= 11 is 1.85. The fraction of sp³-hybridized carbons (Fsp3) is 0.444. The molecule has 1 nitrogen and oxygen atoms in total. The van der Waals surface area contributed by atoms with Crippen molar-refractivity contribution in [2.75, 3.05) is 7.05 Å². The molecule has 1 N–H and O–H groups in total. The Morgan fingerprint density at radius 3 is 2.40 bits per heavy atom. The minimum Gasteiger partial charge on any atom is -0.316 e. The van der Waals surface area contributed by atoms with Crippen molar-refractivity contribution < 1.29 is 0 Å². The molecule has 2 rings (SSSR count). The molecule has 0 bridgehead atoms. The number of hydrogen-bond acceptors (Lipinski definition) is 2. The predicted octanol–water partition coefficient (Wildman–Crippen LogP) is 5.38. The molecule has 0 aliphatic heterocycles. The van der Waals surface area contributed by atoms with E-state index in [4.69, 9.17) is 0 Å². The van der Waals surface area contributed by atoms with Gasteiger partial charge in [0.15, 0.2) is 0 Å². The topological polar surface area (TPSA) is 12.0 Å². The molecule has 0 radical (unpaired) electrons. The van der Waals surface area contributed by atoms with E-state index in [2.05, 4.69) is 62.7 Å². The number of hydrogen-bond donors (Lipinski definition) is 1. The Bertz CT molecular complexity index is 567. The maximum atomic E-state index is 3.22. The first-order valence-corrected chi connectivity index (χ1v) is 8.27. The summed E-state index contributed by atoms with van der Waals surface area (Å²) < 4.78 is 0. The summed E-state index contributed by atoms with van der Waals surface area (Å²) in [6, 6.07) is 9.29. The van der Waals surface area contributed by atoms with Crippen molar-refractivity contribution in [2.45, 2.75) is 46.1 Å². The van der Waals surface area contributed by atoms with Crippen LogP contribution in [-0.4, -0.2) is 7.05 Å². The molecule has 0 saturated heterocycles. The molecule has 0 atom stereocenters. The van der Waals surface area contributed by atoms with Crippen molar-refractivity contribution in [1.29, 1.82) is 0 Å². The number of benzene rings is 1. The Labute approximate surface area is 127 Å². The van der Waals surface area contributed by atoms with Gasteiger partial charge in [0.25, 0.3) is 0 Å². The maximum absolute atomic E-state index is 3.22. The van der Waals surface area contributed by atoms with Gasteiger partial charge in [0, 0.05) is 11.4 Å². The quantitative estimate of drug-likeness (QED) is 0.778. The predicted molar refractivity (Wildman–Crippen MR) is 90.7 cm³/mol. The molecule has 0 aliphatic rings. The average molecular weight is 287 g/mol. The van der Waals surface area contributed by atoms with Gasteiger partial charge in [0.05, 0.1) is 0 Å². The second-order valence-electron chi connectivity index (χ2n) is 6.01. The minimum absolute atomic E-state index is 0.554. The first kappa shape index (κ1) is 15.3. The molecule has 1 aromatic heterocycles. The Balaban J connectivity index is 2.43. The van der Waals surface area contributed by atoms with E-state index in [0.29, 0.717) is 11.8 Å². The van der Waals surface area contributed by atoms with Crippen LogP contribution in [0, 0.1) is 0 Å². The highest BCUT2D eigenvalue weighted by atomic mass is 32.1. The Morgan fingerprint density at radius 2 is 1.80 bits per heavy atom. The summed E-state index contributed by atoms with van der Waals surface area (Å²) in [5, 5.41) is 5.47. The molecule has 0 unspecified atom stereocenters. The molecule has 0 spiro atoms. The molecule has 2 aromatic rings. The van der Waals surface area contributed by atoms with Crippen molar-refractivity contribution in [2.24, 2.45) is 0 Å². The smallest absolute Gasteiger partial charge is 0.0348 e. The zero-order valence-corrected chi connectivity index (χ0v) is 14.0. The molecule has 0 amide bonds. The van der Waals surface area contributed by atoms with Gasteiger partial charge in [-0.05, 0) is 52.6 Å². The van der Waals surface area contributed by atoms with E-state index >= 15 is 0 Å². The van der Waals surface area contributed by atoms with Crippen molar-refractivity contribution in [3.8, 4) is 10.4 Å². The summed E-state index contributed by atoms with van der Waals surface area (Å²) in [6.07, 6.45) is 0. The molecule has 0 fully saturated rings. The third-order valence-corrected chi connectivity index (χ3v) is 4.68. The normalized spacial score (nSPS) is 11.6. The van der Waals surface area contributed by atoms with Gasteiger partial charge in [0.2, 0.25) is 0 Å². The SMILES string of the molecule is CNCc1csc(-c2ccc(C(C)C)cc2C(C)C)c1. The number of rotatable bonds is 5. The van der Waals surface area contributed by atoms with Gasteiger partial charge >= 0.3 is 0 Å². The second kappa shape index (κ2) is 6.55. The van der Waals surface area contributed by atoms with Gasteiger partial charge in [-0.25, -0.2) is 0 Å². The zero-order chi connectivity index (χ0) is 14.7. The van der Waals surface area contributed by atoms with E-state index in [0.717, 1.165) is 6.54 Å². The monoisotopic (exact) mass is 287 g/mol. The van der Waals surface area contributed by atoms with Crippen LogP contribution in [-0.2, 0) is 6.54 Å². The molecule has 1 heterocycles. The average Bonchev–Trinajstić information content (AvgIpc) is 2.86. The standard InChI is InChI=1S/C18H25NS/c1-12(2)15-6-7-16(17(9-15)13(3)4)18-8-14(10-19-5)11-20-18/h6-9,11-13,19H,10H2,1-5H3. The summed E-state index contributed by atoms with van der Waals surface area (Å²) in [5.41, 5.74) is 5.67. The highest BCUT2D eigenvalue weighted by Crippen LogP contribution is 2.35. The largest absolute Gasteiger partial charge is 0.316 e. The summed E-state index contributed by atoms with van der Waals surface area (Å²) in [5.74, 6) is 1.14. The first-order valence-electron chi connectivity index (χ1n) is 7.39. The van der Waals surface area contributed by atoms with Crippen molar-refractivity contribution >= 4 is 11.3 Å². The van der Waals surface area contributed by atoms with E-state index < -0.39 is 0 Å². The Hall–Kier alpha value is -1.12. The lowest BCUT2D eigenvalue weighted by molar-refractivity contribution is 0.821. The highest BCUT2D eigenvalue weighted by Gasteiger charge is 2.12. The van der Waals surface area contributed by atoms with Crippen LogP contribution in [0.15, 0.2) is 29.6 Å². The van der Waals surface area contributed by atoms with Crippen molar-refractivity contribution in [3.05, 3.63) is 46.3 Å². The van der Waals surface area contributed by atoms with Crippen LogP contribution in [0.5, 0.6) is 0 Å². The first-order chi connectivity index (χ1) is 9.52. The lowest BCUT2D eigenvalue weighted by Crippen LogP contribution is -2.03. The molecule has 2 heteroatoms. The van der Waals surface area contributed by atoms with E-state index in [9.17, 15) is 0 Å². The van der Waals surface area contributed by atoms with Gasteiger partial charge in [-0.15, -0.1) is 11.3 Å². The number of nitrogens with one attached hydrogen (secondary N) is 1. The molecule has 1 aromatic carbocycles. The van der Waals surface area contributed by atoms with Crippen LogP contribution >= 0.6 is 11.3 Å². The lowest BCUT2D eigenvalue weighted by Gasteiger charge is -2.15. The lowest BCUT2D eigenvalue weighted by atomic mass is 9.91. The van der Waals surface area contributed by atoms with Gasteiger partial charge in [0.1, 0.15) is 0 Å². The Kier molecular flexibility index (Phi) is 5.00. The third-order valence-electron chi connectivity index (χ3n) is 3.66. The van der Waals surface area contributed by atoms with E-state index in [1.165, 1.54) is 27.1 Å². The zero-order valence-electron chi connectivity index (χ0n) is 13.2. The van der Waals surface area contributed by atoms with E-state index in [-0.39, 0.29) is 0 Å². The second-order valence-corrected chi connectivity index (χ2v) is 6.92. The fourth-order valence-corrected chi connectivity index (χ4v) is 3.42. The molecule has 0 aliphatic carbocycles. The van der Waals surface area contributed by atoms with Crippen LogP contribution in [0.4, 0.5) is 0 Å². The van der Waals surface area contributed by atoms with Crippen LogP contribution in [0.1, 0.15) is 56.2 Å². The van der Waals surface area contributed by atoms with Crippen molar-refractivity contribution in [3.63, 3.8) is 0 Å². The Morgan fingerprint density at radius 1 is 1.05 bits per heavy atom. The molecule has 20 heavy (non-hydrogen) atoms. The third kappa shape index (κ3) is 3.31. The summed E-state index contributed by atoms with van der Waals surface area (Å²) in [7, 11) is 1.99. The number of thiophene rings is 1. The van der Waals surface area contributed by atoms with Crippen LogP contribution < -0.4 is 5.32 Å². The molecular weight excluding hydrogens is 262 g/mol. The van der Waals surface area contributed by atoms with Crippen LogP contribution in [0.25, 0.3) is 10.4 Å².